The number of esters is 1. The van der Waals surface area contributed by atoms with Gasteiger partial charge in [-0.25, -0.2) is 9.78 Å². The number of rotatable bonds is 9. The normalized spacial score (nSPS) is 11.3. The summed E-state index contributed by atoms with van der Waals surface area (Å²) in [5.41, 5.74) is 2.23. The van der Waals surface area contributed by atoms with Crippen LogP contribution in [-0.4, -0.2) is 35.8 Å². The quantitative estimate of drug-likeness (QED) is 0.308. The van der Waals surface area contributed by atoms with Gasteiger partial charge < -0.3 is 18.8 Å². The van der Waals surface area contributed by atoms with E-state index in [1.165, 1.54) is 0 Å². The summed E-state index contributed by atoms with van der Waals surface area (Å²) in [6, 6.07) is 13.7. The van der Waals surface area contributed by atoms with E-state index in [2.05, 4.69) is 20.9 Å². The van der Waals surface area contributed by atoms with E-state index < -0.39 is 5.97 Å². The standard InChI is InChI=1S/C24H25BrN2O4/c1-4-30-21-15-18(14-20(25)22(21)29-3)13-19(24(28)31-5-2)23-26-11-12-27(23)16-17-9-7-6-8-10-17/h6-15H,4-5,16H2,1-3H3/b19-13+. The van der Waals surface area contributed by atoms with Crippen molar-refractivity contribution in [3.05, 3.63) is 76.3 Å². The minimum absolute atomic E-state index is 0.270. The van der Waals surface area contributed by atoms with E-state index in [0.29, 0.717) is 36.0 Å². The average Bonchev–Trinajstić information content (AvgIpc) is 3.20. The first-order valence-corrected chi connectivity index (χ1v) is 10.8. The predicted octanol–water partition coefficient (Wildman–Crippen LogP) is 5.20. The van der Waals surface area contributed by atoms with E-state index in [0.717, 1.165) is 15.6 Å². The molecular weight excluding hydrogens is 460 g/mol. The van der Waals surface area contributed by atoms with Crippen LogP contribution in [0.2, 0.25) is 0 Å². The first-order valence-electron chi connectivity index (χ1n) is 10.0. The molecule has 31 heavy (non-hydrogen) atoms. The monoisotopic (exact) mass is 484 g/mol. The Hall–Kier alpha value is -3.06. The van der Waals surface area contributed by atoms with Crippen LogP contribution >= 0.6 is 15.9 Å². The van der Waals surface area contributed by atoms with Crippen LogP contribution in [0.4, 0.5) is 0 Å². The Kier molecular flexibility index (Phi) is 7.89. The predicted molar refractivity (Wildman–Crippen MR) is 124 cm³/mol. The topological polar surface area (TPSA) is 62.6 Å². The van der Waals surface area contributed by atoms with E-state index in [1.807, 2.05) is 60.2 Å². The summed E-state index contributed by atoms with van der Waals surface area (Å²) in [4.78, 5) is 17.3. The number of nitrogens with zero attached hydrogens (tertiary/aromatic N) is 2. The van der Waals surface area contributed by atoms with Crippen molar-refractivity contribution in [3.63, 3.8) is 0 Å². The minimum Gasteiger partial charge on any atom is -0.492 e. The van der Waals surface area contributed by atoms with E-state index in [-0.39, 0.29) is 6.61 Å². The van der Waals surface area contributed by atoms with Gasteiger partial charge >= 0.3 is 5.97 Å². The Bertz CT molecular complexity index is 1060. The first kappa shape index (κ1) is 22.6. The number of imidazole rings is 1. The molecular formula is C24H25BrN2O4. The maximum Gasteiger partial charge on any atom is 0.341 e. The molecule has 0 aliphatic carbocycles. The van der Waals surface area contributed by atoms with Crippen molar-refractivity contribution < 1.29 is 19.0 Å². The van der Waals surface area contributed by atoms with Crippen molar-refractivity contribution in [1.29, 1.82) is 0 Å². The summed E-state index contributed by atoms with van der Waals surface area (Å²) in [5, 5.41) is 0. The lowest BCUT2D eigenvalue weighted by atomic mass is 10.1. The SMILES string of the molecule is CCOC(=O)/C(=C/c1cc(Br)c(OC)c(OCC)c1)c1nccn1Cc1ccccc1. The molecule has 0 saturated carbocycles. The Labute approximate surface area is 190 Å². The van der Waals surface area contributed by atoms with Crippen molar-refractivity contribution in [2.45, 2.75) is 20.4 Å². The summed E-state index contributed by atoms with van der Waals surface area (Å²) in [5.74, 6) is 1.28. The van der Waals surface area contributed by atoms with Crippen molar-refractivity contribution >= 4 is 33.5 Å². The molecule has 0 spiro atoms. The van der Waals surface area contributed by atoms with Crippen LogP contribution in [0.25, 0.3) is 11.6 Å². The van der Waals surface area contributed by atoms with Gasteiger partial charge in [-0.3, -0.25) is 0 Å². The first-order chi connectivity index (χ1) is 15.1. The highest BCUT2D eigenvalue weighted by molar-refractivity contribution is 9.10. The fourth-order valence-corrected chi connectivity index (χ4v) is 3.81. The second-order valence-corrected chi connectivity index (χ2v) is 7.46. The number of hydrogen-bond acceptors (Lipinski definition) is 5. The van der Waals surface area contributed by atoms with Crippen molar-refractivity contribution in [2.24, 2.45) is 0 Å². The lowest BCUT2D eigenvalue weighted by Gasteiger charge is -2.14. The molecule has 162 valence electrons. The number of benzene rings is 2. The van der Waals surface area contributed by atoms with Crippen LogP contribution in [0.5, 0.6) is 11.5 Å². The molecule has 0 aliphatic heterocycles. The Morgan fingerprint density at radius 1 is 1.16 bits per heavy atom. The second-order valence-electron chi connectivity index (χ2n) is 6.61. The number of hydrogen-bond donors (Lipinski definition) is 0. The van der Waals surface area contributed by atoms with Crippen molar-refractivity contribution in [1.82, 2.24) is 9.55 Å². The number of methoxy groups -OCH3 is 1. The molecule has 0 fully saturated rings. The molecule has 1 heterocycles. The number of ether oxygens (including phenoxy) is 3. The van der Waals surface area contributed by atoms with Gasteiger partial charge in [0.15, 0.2) is 11.5 Å². The van der Waals surface area contributed by atoms with Gasteiger partial charge in [0.1, 0.15) is 11.4 Å². The molecule has 2 aromatic carbocycles. The molecule has 3 rings (SSSR count). The number of halogens is 1. The molecule has 0 amide bonds. The lowest BCUT2D eigenvalue weighted by Crippen LogP contribution is -2.12. The molecule has 6 nitrogen and oxygen atoms in total. The highest BCUT2D eigenvalue weighted by atomic mass is 79.9. The maximum absolute atomic E-state index is 12.9. The molecule has 0 bridgehead atoms. The lowest BCUT2D eigenvalue weighted by molar-refractivity contribution is -0.136. The molecule has 0 saturated heterocycles. The smallest absolute Gasteiger partial charge is 0.341 e. The summed E-state index contributed by atoms with van der Waals surface area (Å²) in [6.07, 6.45) is 5.29. The van der Waals surface area contributed by atoms with Crippen LogP contribution in [0.1, 0.15) is 30.8 Å². The molecule has 0 atom stereocenters. The molecule has 3 aromatic rings. The van der Waals surface area contributed by atoms with Crippen molar-refractivity contribution in [3.8, 4) is 11.5 Å². The van der Waals surface area contributed by atoms with Gasteiger partial charge in [-0.05, 0) is 59.1 Å². The summed E-state index contributed by atoms with van der Waals surface area (Å²) in [6.45, 7) is 5.03. The van der Waals surface area contributed by atoms with Crippen LogP contribution in [0.3, 0.4) is 0 Å². The zero-order chi connectivity index (χ0) is 22.2. The summed E-state index contributed by atoms with van der Waals surface area (Å²) < 4.78 is 19.1. The molecule has 0 N–H and O–H groups in total. The zero-order valence-corrected chi connectivity index (χ0v) is 19.4. The average molecular weight is 485 g/mol. The zero-order valence-electron chi connectivity index (χ0n) is 17.8. The van der Waals surface area contributed by atoms with Gasteiger partial charge in [-0.1, -0.05) is 30.3 Å². The summed E-state index contributed by atoms with van der Waals surface area (Å²) in [7, 11) is 1.59. The molecule has 0 unspecified atom stereocenters. The molecule has 0 radical (unpaired) electrons. The fraction of sp³-hybridized carbons (Fsp3) is 0.250. The van der Waals surface area contributed by atoms with Gasteiger partial charge in [0.2, 0.25) is 0 Å². The molecule has 0 aliphatic rings. The number of aromatic nitrogens is 2. The van der Waals surface area contributed by atoms with Gasteiger partial charge in [-0.15, -0.1) is 0 Å². The highest BCUT2D eigenvalue weighted by Gasteiger charge is 2.20. The van der Waals surface area contributed by atoms with E-state index in [9.17, 15) is 4.79 Å². The Morgan fingerprint density at radius 3 is 2.61 bits per heavy atom. The maximum atomic E-state index is 12.9. The van der Waals surface area contributed by atoms with E-state index in [4.69, 9.17) is 14.2 Å². The third kappa shape index (κ3) is 5.55. The van der Waals surface area contributed by atoms with E-state index in [1.54, 1.807) is 26.3 Å². The largest absolute Gasteiger partial charge is 0.492 e. The van der Waals surface area contributed by atoms with Crippen molar-refractivity contribution in [2.75, 3.05) is 20.3 Å². The summed E-state index contributed by atoms with van der Waals surface area (Å²) >= 11 is 3.52. The van der Waals surface area contributed by atoms with Gasteiger partial charge in [-0.2, -0.15) is 0 Å². The van der Waals surface area contributed by atoms with E-state index >= 15 is 0 Å². The molecule has 7 heteroatoms. The third-order valence-electron chi connectivity index (χ3n) is 4.49. The van der Waals surface area contributed by atoms with Gasteiger partial charge in [0.25, 0.3) is 0 Å². The Balaban J connectivity index is 2.07. The second kappa shape index (κ2) is 10.8. The third-order valence-corrected chi connectivity index (χ3v) is 5.08. The van der Waals surface area contributed by atoms with Crippen LogP contribution in [-0.2, 0) is 16.1 Å². The highest BCUT2D eigenvalue weighted by Crippen LogP contribution is 2.37. The van der Waals surface area contributed by atoms with Crippen LogP contribution < -0.4 is 9.47 Å². The fourth-order valence-electron chi connectivity index (χ4n) is 3.18. The Morgan fingerprint density at radius 2 is 1.94 bits per heavy atom. The van der Waals surface area contributed by atoms with Crippen LogP contribution in [0.15, 0.2) is 59.3 Å². The van der Waals surface area contributed by atoms with Gasteiger partial charge in [0.05, 0.1) is 24.8 Å². The van der Waals surface area contributed by atoms with Gasteiger partial charge in [0, 0.05) is 18.9 Å². The molecule has 1 aromatic heterocycles. The number of carbonyl (C=O) groups is 1. The van der Waals surface area contributed by atoms with Crippen LogP contribution in [0, 0.1) is 0 Å². The number of carbonyl (C=O) groups excluding carboxylic acids is 1. The minimum atomic E-state index is -0.437.